The first-order valence-electron chi connectivity index (χ1n) is 19.3. The van der Waals surface area contributed by atoms with Crippen molar-refractivity contribution in [2.24, 2.45) is 7.05 Å². The van der Waals surface area contributed by atoms with Gasteiger partial charge in [-0.15, -0.1) is 0 Å². The highest BCUT2D eigenvalue weighted by molar-refractivity contribution is 5.95. The van der Waals surface area contributed by atoms with Gasteiger partial charge in [0.05, 0.1) is 11.3 Å². The number of benzene rings is 5. The molecule has 0 bridgehead atoms. The van der Waals surface area contributed by atoms with E-state index >= 15 is 0 Å². The predicted molar refractivity (Wildman–Crippen MR) is 233 cm³/mol. The molecule has 1 N–H and O–H groups in total. The number of phenolic OH excluding ortho intramolecular Hbond substituents is 1. The smallest absolute Gasteiger partial charge is 0.160 e. The van der Waals surface area contributed by atoms with Gasteiger partial charge in [-0.25, -0.2) is 9.97 Å². The molecular weight excluding hydrogens is 685 g/mol. The molecule has 0 spiro atoms. The van der Waals surface area contributed by atoms with E-state index in [-0.39, 0.29) is 16.6 Å². The average molecular weight is 733 g/mol. The molecule has 0 fully saturated rings. The van der Waals surface area contributed by atoms with E-state index in [2.05, 4.69) is 158 Å². The lowest BCUT2D eigenvalue weighted by Gasteiger charge is -2.27. The molecule has 0 atom stereocenters. The number of aryl methyl sites for hydroxylation is 2. The normalized spacial score (nSPS) is 12.0. The third-order valence-electron chi connectivity index (χ3n) is 10.8. The highest BCUT2D eigenvalue weighted by atomic mass is 16.3. The summed E-state index contributed by atoms with van der Waals surface area (Å²) in [4.78, 5) is 15.1. The Balaban J connectivity index is 1.28. The highest BCUT2D eigenvalue weighted by Gasteiger charge is 2.28. The maximum atomic E-state index is 11.8. The zero-order valence-corrected chi connectivity index (χ0v) is 33.5. The number of hydrogen-bond donors (Lipinski definition) is 1. The van der Waals surface area contributed by atoms with Crippen molar-refractivity contribution in [3.05, 3.63) is 156 Å². The third kappa shape index (κ3) is 6.90. The Kier molecular flexibility index (Phi) is 9.20. The first kappa shape index (κ1) is 36.6. The average Bonchev–Trinajstić information content (AvgIpc) is 3.53. The number of fused-ring (bicyclic) bond motifs is 1. The molecule has 0 amide bonds. The van der Waals surface area contributed by atoms with Gasteiger partial charge >= 0.3 is 0 Å². The minimum atomic E-state index is -0.266. The fraction of sp³-hybridized carbons (Fsp3) is 0.196. The molecule has 5 heteroatoms. The SMILES string of the molecule is Cc1cnc(-c2cc(-c3ccccc3)cc(-c3ccnc4c3nc(-c3cc(C(C)(C)C)cc(C(C)(C)C)c3O)n4C)c2)cc1-c1ccc(-c2ccccc2)cc1. The van der Waals surface area contributed by atoms with Crippen molar-refractivity contribution in [2.45, 2.75) is 59.3 Å². The van der Waals surface area contributed by atoms with Gasteiger partial charge in [0, 0.05) is 36.1 Å². The number of pyridine rings is 2. The molecule has 3 aromatic heterocycles. The maximum absolute atomic E-state index is 11.8. The van der Waals surface area contributed by atoms with Crippen LogP contribution in [0.5, 0.6) is 5.75 Å². The van der Waals surface area contributed by atoms with E-state index in [9.17, 15) is 5.11 Å². The number of imidazole rings is 1. The fourth-order valence-electron chi connectivity index (χ4n) is 7.56. The van der Waals surface area contributed by atoms with Crippen molar-refractivity contribution < 1.29 is 5.11 Å². The van der Waals surface area contributed by atoms with Gasteiger partial charge < -0.3 is 9.67 Å². The van der Waals surface area contributed by atoms with Gasteiger partial charge in [-0.05, 0) is 104 Å². The lowest BCUT2D eigenvalue weighted by Crippen LogP contribution is -2.17. The van der Waals surface area contributed by atoms with Crippen LogP contribution >= 0.6 is 0 Å². The Labute approximate surface area is 330 Å². The summed E-state index contributed by atoms with van der Waals surface area (Å²) in [6.45, 7) is 15.1. The number of rotatable bonds is 6. The summed E-state index contributed by atoms with van der Waals surface area (Å²) in [6.07, 6.45) is 3.83. The lowest BCUT2D eigenvalue weighted by atomic mass is 9.79. The van der Waals surface area contributed by atoms with E-state index in [1.807, 2.05) is 42.2 Å². The molecular formula is C51H48N4O. The number of phenols is 1. The minimum absolute atomic E-state index is 0.125. The molecule has 56 heavy (non-hydrogen) atoms. The van der Waals surface area contributed by atoms with Crippen LogP contribution in [-0.2, 0) is 17.9 Å². The molecule has 278 valence electrons. The Hall–Kier alpha value is -6.33. The highest BCUT2D eigenvalue weighted by Crippen LogP contribution is 2.43. The van der Waals surface area contributed by atoms with Crippen LogP contribution in [0.4, 0.5) is 0 Å². The first-order valence-corrected chi connectivity index (χ1v) is 19.3. The Morgan fingerprint density at radius 3 is 1.77 bits per heavy atom. The van der Waals surface area contributed by atoms with Crippen LogP contribution < -0.4 is 0 Å². The summed E-state index contributed by atoms with van der Waals surface area (Å²) in [5.41, 5.74) is 15.8. The lowest BCUT2D eigenvalue weighted by molar-refractivity contribution is 0.446. The van der Waals surface area contributed by atoms with Crippen molar-refractivity contribution in [3.63, 3.8) is 0 Å². The molecule has 0 saturated carbocycles. The van der Waals surface area contributed by atoms with Crippen molar-refractivity contribution in [2.75, 3.05) is 0 Å². The standard InChI is InChI=1S/C51H48N4O/c1-32-31-53-45(30-42(32)36-21-19-35(20-22-36)33-15-11-9-12-16-33)39-26-37(34-17-13-10-14-18-34)25-38(27-39)41-23-24-52-49-46(41)54-48(55(49)8)43-28-40(50(2,3)4)29-44(47(43)56)51(5,6)7/h9-31,56H,1-8H3. The fourth-order valence-corrected chi connectivity index (χ4v) is 7.56. The Bertz CT molecular complexity index is 2710. The second-order valence-electron chi connectivity index (χ2n) is 16.9. The molecule has 0 aliphatic carbocycles. The van der Waals surface area contributed by atoms with Gasteiger partial charge in [0.1, 0.15) is 17.1 Å². The molecule has 0 aliphatic rings. The van der Waals surface area contributed by atoms with Crippen molar-refractivity contribution >= 4 is 11.2 Å². The van der Waals surface area contributed by atoms with Gasteiger partial charge in [0.2, 0.25) is 0 Å². The van der Waals surface area contributed by atoms with E-state index in [1.165, 1.54) is 11.1 Å². The Morgan fingerprint density at radius 2 is 1.12 bits per heavy atom. The van der Waals surface area contributed by atoms with Crippen molar-refractivity contribution in [1.29, 1.82) is 0 Å². The molecule has 0 saturated heterocycles. The summed E-state index contributed by atoms with van der Waals surface area (Å²) in [7, 11) is 1.98. The number of nitrogens with zero attached hydrogens (tertiary/aromatic N) is 4. The van der Waals surface area contributed by atoms with Gasteiger partial charge in [0.25, 0.3) is 0 Å². The van der Waals surface area contributed by atoms with Crippen LogP contribution in [0.25, 0.3) is 78.3 Å². The first-order chi connectivity index (χ1) is 26.8. The van der Waals surface area contributed by atoms with Crippen LogP contribution in [0.15, 0.2) is 140 Å². The van der Waals surface area contributed by atoms with Crippen LogP contribution in [0.1, 0.15) is 58.2 Å². The second kappa shape index (κ2) is 14.1. The van der Waals surface area contributed by atoms with Crippen molar-refractivity contribution in [3.8, 4) is 72.9 Å². The molecule has 3 heterocycles. The molecule has 0 unspecified atom stereocenters. The zero-order valence-electron chi connectivity index (χ0n) is 33.5. The summed E-state index contributed by atoms with van der Waals surface area (Å²) in [6, 6.07) is 44.9. The molecule has 0 radical (unpaired) electrons. The molecule has 0 aliphatic heterocycles. The van der Waals surface area contributed by atoms with Gasteiger partial charge in [-0.3, -0.25) is 4.98 Å². The molecule has 5 aromatic carbocycles. The van der Waals surface area contributed by atoms with Crippen LogP contribution in [0.2, 0.25) is 0 Å². The van der Waals surface area contributed by atoms with Gasteiger partial charge in [0.15, 0.2) is 5.65 Å². The van der Waals surface area contributed by atoms with E-state index in [0.717, 1.165) is 72.5 Å². The maximum Gasteiger partial charge on any atom is 0.160 e. The second-order valence-corrected chi connectivity index (χ2v) is 16.9. The number of hydrogen-bond acceptors (Lipinski definition) is 4. The largest absolute Gasteiger partial charge is 0.507 e. The van der Waals surface area contributed by atoms with E-state index in [0.29, 0.717) is 11.4 Å². The van der Waals surface area contributed by atoms with Gasteiger partial charge in [-0.2, -0.15) is 0 Å². The predicted octanol–water partition coefficient (Wildman–Crippen LogP) is 13.0. The molecule has 8 rings (SSSR count). The molecule has 8 aromatic rings. The number of aromatic nitrogens is 4. The minimum Gasteiger partial charge on any atom is -0.507 e. The monoisotopic (exact) mass is 732 g/mol. The van der Waals surface area contributed by atoms with Crippen LogP contribution in [0.3, 0.4) is 0 Å². The van der Waals surface area contributed by atoms with E-state index in [4.69, 9.17) is 15.0 Å². The quantitative estimate of drug-likeness (QED) is 0.185. The van der Waals surface area contributed by atoms with Gasteiger partial charge in [-0.1, -0.05) is 133 Å². The van der Waals surface area contributed by atoms with Crippen molar-refractivity contribution in [1.82, 2.24) is 19.5 Å². The summed E-state index contributed by atoms with van der Waals surface area (Å²) in [5.74, 6) is 0.936. The molecule has 5 nitrogen and oxygen atoms in total. The summed E-state index contributed by atoms with van der Waals surface area (Å²) < 4.78 is 2.01. The third-order valence-corrected chi connectivity index (χ3v) is 10.8. The van der Waals surface area contributed by atoms with E-state index in [1.54, 1.807) is 0 Å². The topological polar surface area (TPSA) is 63.8 Å². The van der Waals surface area contributed by atoms with Crippen LogP contribution in [0, 0.1) is 6.92 Å². The Morgan fingerprint density at radius 1 is 0.536 bits per heavy atom. The van der Waals surface area contributed by atoms with Crippen LogP contribution in [-0.4, -0.2) is 24.6 Å². The summed E-state index contributed by atoms with van der Waals surface area (Å²) in [5, 5.41) is 11.8. The number of aromatic hydroxyl groups is 1. The summed E-state index contributed by atoms with van der Waals surface area (Å²) >= 11 is 0. The van der Waals surface area contributed by atoms with E-state index < -0.39 is 0 Å². The zero-order chi connectivity index (χ0) is 39.4.